The first-order valence-electron chi connectivity index (χ1n) is 3.50. The van der Waals surface area contributed by atoms with E-state index < -0.39 is 0 Å². The van der Waals surface area contributed by atoms with Crippen LogP contribution in [0.5, 0.6) is 0 Å². The van der Waals surface area contributed by atoms with Crippen molar-refractivity contribution in [2.24, 2.45) is 0 Å². The Balaban J connectivity index is 2.53. The van der Waals surface area contributed by atoms with E-state index in [1.807, 2.05) is 0 Å². The van der Waals surface area contributed by atoms with Crippen LogP contribution < -0.4 is 0 Å². The average molecular weight is 210 g/mol. The van der Waals surface area contributed by atoms with E-state index >= 15 is 0 Å². The molecule has 3 nitrogen and oxygen atoms in total. The predicted octanol–water partition coefficient (Wildman–Crippen LogP) is 2.46. The van der Waals surface area contributed by atoms with Gasteiger partial charge in [-0.15, -0.1) is 11.3 Å². The molecule has 2 aromatic rings. The van der Waals surface area contributed by atoms with E-state index in [4.69, 9.17) is 16.9 Å². The minimum absolute atomic E-state index is 0.456. The first kappa shape index (κ1) is 8.30. The normalized spacial score (nSPS) is 9.85. The molecule has 0 amide bonds. The minimum atomic E-state index is 0.456. The Morgan fingerprint density at radius 2 is 2.46 bits per heavy atom. The second kappa shape index (κ2) is 3.21. The molecule has 5 heteroatoms. The third kappa shape index (κ3) is 1.44. The highest BCUT2D eigenvalue weighted by Gasteiger charge is 2.05. The lowest BCUT2D eigenvalue weighted by molar-refractivity contribution is 1.03. The molecule has 0 radical (unpaired) electrons. The Morgan fingerprint density at radius 3 is 3.08 bits per heavy atom. The van der Waals surface area contributed by atoms with Crippen LogP contribution in [0.1, 0.15) is 5.69 Å². The highest BCUT2D eigenvalue weighted by atomic mass is 35.5. The van der Waals surface area contributed by atoms with E-state index in [9.17, 15) is 0 Å². The number of aromatic nitrogens is 2. The Morgan fingerprint density at radius 1 is 1.62 bits per heavy atom. The average Bonchev–Trinajstić information content (AvgIpc) is 2.71. The summed E-state index contributed by atoms with van der Waals surface area (Å²) in [5.74, 6) is 0. The van der Waals surface area contributed by atoms with Crippen molar-refractivity contribution in [1.82, 2.24) is 9.55 Å². The molecule has 0 aliphatic heterocycles. The van der Waals surface area contributed by atoms with E-state index in [0.29, 0.717) is 16.0 Å². The van der Waals surface area contributed by atoms with Gasteiger partial charge in [0.05, 0.1) is 0 Å². The summed E-state index contributed by atoms with van der Waals surface area (Å²) in [6.07, 6.45) is 1.79. The zero-order chi connectivity index (χ0) is 9.26. The molecule has 0 saturated heterocycles. The van der Waals surface area contributed by atoms with E-state index in [1.165, 1.54) is 11.3 Å². The zero-order valence-corrected chi connectivity index (χ0v) is 8.01. The molecular formula is C8H4ClN3S. The van der Waals surface area contributed by atoms with Crippen molar-refractivity contribution < 1.29 is 0 Å². The molecule has 64 valence electrons. The SMILES string of the molecule is N#Cc1cccn1-c1nc(Cl)cs1. The standard InChI is InChI=1S/C8H4ClN3S/c9-7-5-13-8(11-7)12-3-1-2-6(12)4-10/h1-3,5H. The van der Waals surface area contributed by atoms with Crippen LogP contribution in [0.25, 0.3) is 5.13 Å². The second-order valence-corrected chi connectivity index (χ2v) is 3.55. The molecule has 0 unspecified atom stereocenters. The number of halogens is 1. The van der Waals surface area contributed by atoms with Crippen LogP contribution in [0, 0.1) is 11.3 Å². The summed E-state index contributed by atoms with van der Waals surface area (Å²) >= 11 is 7.08. The lowest BCUT2D eigenvalue weighted by Crippen LogP contribution is -1.93. The summed E-state index contributed by atoms with van der Waals surface area (Å²) in [4.78, 5) is 4.06. The molecule has 2 heterocycles. The van der Waals surface area contributed by atoms with Crippen molar-refractivity contribution >= 4 is 22.9 Å². The molecule has 2 rings (SSSR count). The smallest absolute Gasteiger partial charge is 0.196 e. The monoisotopic (exact) mass is 209 g/mol. The van der Waals surface area contributed by atoms with E-state index in [0.717, 1.165) is 0 Å². The van der Waals surface area contributed by atoms with Gasteiger partial charge in [0, 0.05) is 11.6 Å². The van der Waals surface area contributed by atoms with Crippen LogP contribution >= 0.6 is 22.9 Å². The third-order valence-corrected chi connectivity index (χ3v) is 2.70. The third-order valence-electron chi connectivity index (χ3n) is 1.53. The minimum Gasteiger partial charge on any atom is -0.284 e. The van der Waals surface area contributed by atoms with Crippen molar-refractivity contribution in [2.45, 2.75) is 0 Å². The van der Waals surface area contributed by atoms with Crippen LogP contribution in [0.15, 0.2) is 23.7 Å². The molecule has 2 aromatic heterocycles. The van der Waals surface area contributed by atoms with Crippen LogP contribution in [0.2, 0.25) is 5.15 Å². The van der Waals surface area contributed by atoms with Crippen molar-refractivity contribution in [3.8, 4) is 11.2 Å². The van der Waals surface area contributed by atoms with Gasteiger partial charge < -0.3 is 0 Å². The fourth-order valence-corrected chi connectivity index (χ4v) is 1.94. The van der Waals surface area contributed by atoms with Crippen LogP contribution in [0.4, 0.5) is 0 Å². The molecule has 0 aliphatic carbocycles. The Labute approximate surface area is 83.8 Å². The number of rotatable bonds is 1. The van der Waals surface area contributed by atoms with Gasteiger partial charge in [-0.3, -0.25) is 4.57 Å². The topological polar surface area (TPSA) is 41.6 Å². The van der Waals surface area contributed by atoms with Gasteiger partial charge in [0.1, 0.15) is 16.9 Å². The Hall–Kier alpha value is -1.31. The van der Waals surface area contributed by atoms with Crippen molar-refractivity contribution in [3.05, 3.63) is 34.6 Å². The van der Waals surface area contributed by atoms with Gasteiger partial charge in [0.25, 0.3) is 0 Å². The summed E-state index contributed by atoms with van der Waals surface area (Å²) < 4.78 is 1.70. The second-order valence-electron chi connectivity index (χ2n) is 2.33. The Bertz CT molecular complexity index is 466. The van der Waals surface area contributed by atoms with Crippen molar-refractivity contribution in [2.75, 3.05) is 0 Å². The molecule has 0 fully saturated rings. The summed E-state index contributed by atoms with van der Waals surface area (Å²) in [6.45, 7) is 0. The van der Waals surface area contributed by atoms with Crippen molar-refractivity contribution in [3.63, 3.8) is 0 Å². The van der Waals surface area contributed by atoms with Crippen LogP contribution in [0.3, 0.4) is 0 Å². The summed E-state index contributed by atoms with van der Waals surface area (Å²) in [6, 6.07) is 5.60. The largest absolute Gasteiger partial charge is 0.284 e. The van der Waals surface area contributed by atoms with Gasteiger partial charge in [-0.05, 0) is 12.1 Å². The highest BCUT2D eigenvalue weighted by molar-refractivity contribution is 7.12. The van der Waals surface area contributed by atoms with Crippen LogP contribution in [-0.2, 0) is 0 Å². The number of hydrogen-bond donors (Lipinski definition) is 0. The molecule has 0 saturated carbocycles. The molecule has 0 aromatic carbocycles. The zero-order valence-electron chi connectivity index (χ0n) is 6.44. The van der Waals surface area contributed by atoms with Gasteiger partial charge in [0.2, 0.25) is 0 Å². The van der Waals surface area contributed by atoms with E-state index in [-0.39, 0.29) is 0 Å². The van der Waals surface area contributed by atoms with Gasteiger partial charge in [-0.1, -0.05) is 11.6 Å². The van der Waals surface area contributed by atoms with E-state index in [2.05, 4.69) is 11.1 Å². The molecular weight excluding hydrogens is 206 g/mol. The molecule has 0 N–H and O–H groups in total. The van der Waals surface area contributed by atoms with Gasteiger partial charge in [0.15, 0.2) is 5.13 Å². The lowest BCUT2D eigenvalue weighted by atomic mass is 10.5. The quantitative estimate of drug-likeness (QED) is 0.724. The first-order chi connectivity index (χ1) is 6.31. The summed E-state index contributed by atoms with van der Waals surface area (Å²) in [5, 5.41) is 11.7. The highest BCUT2D eigenvalue weighted by Crippen LogP contribution is 2.19. The molecule has 0 spiro atoms. The molecule has 0 aliphatic rings. The number of nitriles is 1. The fourth-order valence-electron chi connectivity index (χ4n) is 0.995. The van der Waals surface area contributed by atoms with Gasteiger partial charge in [-0.2, -0.15) is 5.26 Å². The number of thiazole rings is 1. The first-order valence-corrected chi connectivity index (χ1v) is 4.76. The lowest BCUT2D eigenvalue weighted by Gasteiger charge is -1.96. The molecule has 13 heavy (non-hydrogen) atoms. The Kier molecular flexibility index (Phi) is 2.05. The van der Waals surface area contributed by atoms with Gasteiger partial charge >= 0.3 is 0 Å². The summed E-state index contributed by atoms with van der Waals surface area (Å²) in [7, 11) is 0. The molecule has 0 atom stereocenters. The maximum absolute atomic E-state index is 8.75. The number of hydrogen-bond acceptors (Lipinski definition) is 3. The predicted molar refractivity (Wildman–Crippen MR) is 51.2 cm³/mol. The maximum atomic E-state index is 8.75. The van der Waals surface area contributed by atoms with Gasteiger partial charge in [-0.25, -0.2) is 4.98 Å². The molecule has 0 bridgehead atoms. The summed E-state index contributed by atoms with van der Waals surface area (Å²) in [5.41, 5.74) is 0.561. The fraction of sp³-hybridized carbons (Fsp3) is 0. The maximum Gasteiger partial charge on any atom is 0.196 e. The van der Waals surface area contributed by atoms with E-state index in [1.54, 1.807) is 28.3 Å². The van der Waals surface area contributed by atoms with Crippen LogP contribution in [-0.4, -0.2) is 9.55 Å². The number of nitrogens with zero attached hydrogens (tertiary/aromatic N) is 3. The van der Waals surface area contributed by atoms with Crippen molar-refractivity contribution in [1.29, 1.82) is 5.26 Å².